The molecule has 3 aromatic rings. The fraction of sp³-hybridized carbons (Fsp3) is 0.294. The highest BCUT2D eigenvalue weighted by atomic mass is 15.1. The predicted molar refractivity (Wildman–Crippen MR) is 85.7 cm³/mol. The molecule has 0 bridgehead atoms. The third-order valence-electron chi connectivity index (χ3n) is 3.66. The lowest BCUT2D eigenvalue weighted by Crippen LogP contribution is -2.01. The minimum atomic E-state index is 0.701. The van der Waals surface area contributed by atoms with Gasteiger partial charge in [0.25, 0.3) is 0 Å². The minimum absolute atomic E-state index is 0.701. The Morgan fingerprint density at radius 1 is 1.05 bits per heavy atom. The van der Waals surface area contributed by atoms with Gasteiger partial charge >= 0.3 is 0 Å². The fourth-order valence-electron chi connectivity index (χ4n) is 2.52. The van der Waals surface area contributed by atoms with Gasteiger partial charge in [-0.05, 0) is 51.0 Å². The zero-order valence-electron chi connectivity index (χ0n) is 12.9. The van der Waals surface area contributed by atoms with Gasteiger partial charge in [-0.2, -0.15) is 0 Å². The largest absolute Gasteiger partial charge is 0.379 e. The normalized spacial score (nSPS) is 11.0. The molecule has 4 nitrogen and oxygen atoms in total. The second kappa shape index (κ2) is 5.20. The lowest BCUT2D eigenvalue weighted by molar-refractivity contribution is 1.01. The molecule has 0 radical (unpaired) electrons. The molecular weight excluding hydrogens is 260 g/mol. The first-order chi connectivity index (χ1) is 10.0. The molecule has 0 saturated carbocycles. The Kier molecular flexibility index (Phi) is 3.37. The second-order valence-electron chi connectivity index (χ2n) is 5.61. The monoisotopic (exact) mass is 280 g/mol. The van der Waals surface area contributed by atoms with E-state index in [0.717, 1.165) is 28.5 Å². The first-order valence-electron chi connectivity index (χ1n) is 7.16. The number of imidazole rings is 1. The van der Waals surface area contributed by atoms with E-state index in [0.29, 0.717) is 6.54 Å². The van der Waals surface area contributed by atoms with Crippen molar-refractivity contribution < 1.29 is 0 Å². The molecule has 0 unspecified atom stereocenters. The van der Waals surface area contributed by atoms with E-state index in [2.05, 4.69) is 66.5 Å². The molecule has 4 heteroatoms. The van der Waals surface area contributed by atoms with Crippen LogP contribution in [-0.4, -0.2) is 14.4 Å². The summed E-state index contributed by atoms with van der Waals surface area (Å²) in [7, 11) is 0. The number of aromatic nitrogens is 3. The van der Waals surface area contributed by atoms with E-state index in [4.69, 9.17) is 0 Å². The summed E-state index contributed by atoms with van der Waals surface area (Å²) in [5.41, 5.74) is 6.81. The summed E-state index contributed by atoms with van der Waals surface area (Å²) in [4.78, 5) is 9.06. The van der Waals surface area contributed by atoms with Gasteiger partial charge in [0.15, 0.2) is 0 Å². The Morgan fingerprint density at radius 2 is 1.86 bits per heavy atom. The molecule has 0 saturated heterocycles. The number of fused-ring (bicyclic) bond motifs is 1. The van der Waals surface area contributed by atoms with Crippen LogP contribution in [0.15, 0.2) is 30.5 Å². The number of nitrogens with one attached hydrogen (secondary N) is 1. The van der Waals surface area contributed by atoms with Crippen LogP contribution < -0.4 is 5.32 Å². The highest BCUT2D eigenvalue weighted by molar-refractivity contribution is 5.52. The molecule has 0 atom stereocenters. The minimum Gasteiger partial charge on any atom is -0.379 e. The fourth-order valence-corrected chi connectivity index (χ4v) is 2.52. The topological polar surface area (TPSA) is 42.2 Å². The number of hydrogen-bond donors (Lipinski definition) is 1. The maximum Gasteiger partial charge on any atom is 0.234 e. The molecule has 3 rings (SSSR count). The van der Waals surface area contributed by atoms with Gasteiger partial charge in [-0.25, -0.2) is 9.97 Å². The molecule has 2 heterocycles. The van der Waals surface area contributed by atoms with Crippen LogP contribution in [0.2, 0.25) is 0 Å². The van der Waals surface area contributed by atoms with E-state index in [-0.39, 0.29) is 0 Å². The molecule has 1 aromatic carbocycles. The Balaban J connectivity index is 1.85. The third kappa shape index (κ3) is 2.75. The van der Waals surface area contributed by atoms with Crippen molar-refractivity contribution in [2.24, 2.45) is 0 Å². The molecular formula is C17H20N4. The summed E-state index contributed by atoms with van der Waals surface area (Å²) >= 11 is 0. The van der Waals surface area contributed by atoms with Crippen molar-refractivity contribution >= 4 is 11.5 Å². The van der Waals surface area contributed by atoms with Crippen molar-refractivity contribution in [1.29, 1.82) is 0 Å². The summed E-state index contributed by atoms with van der Waals surface area (Å²) in [5, 5.41) is 3.46. The van der Waals surface area contributed by atoms with Crippen molar-refractivity contribution in [2.75, 3.05) is 5.32 Å². The van der Waals surface area contributed by atoms with Crippen LogP contribution in [0.4, 0.5) is 5.69 Å². The van der Waals surface area contributed by atoms with Gasteiger partial charge in [0.05, 0.1) is 12.2 Å². The Bertz CT molecular complexity index is 802. The van der Waals surface area contributed by atoms with Crippen LogP contribution in [0.3, 0.4) is 0 Å². The summed E-state index contributed by atoms with van der Waals surface area (Å²) in [5.74, 6) is 0.769. The van der Waals surface area contributed by atoms with Crippen LogP contribution in [0.1, 0.15) is 28.2 Å². The molecule has 0 aliphatic carbocycles. The summed E-state index contributed by atoms with van der Waals surface area (Å²) in [6.07, 6.45) is 2.05. The number of nitrogens with zero attached hydrogens (tertiary/aromatic N) is 3. The molecule has 108 valence electrons. The summed E-state index contributed by atoms with van der Waals surface area (Å²) in [6.45, 7) is 8.99. The van der Waals surface area contributed by atoms with E-state index in [1.54, 1.807) is 0 Å². The standard InChI is InChI=1S/C17H20N4/c1-11-5-6-12(2)16(7-11)18-9-15-10-21-14(4)8-13(3)19-17(21)20-15/h5-8,10,18H,9H2,1-4H3. The molecule has 0 aliphatic rings. The highest BCUT2D eigenvalue weighted by Crippen LogP contribution is 2.17. The highest BCUT2D eigenvalue weighted by Gasteiger charge is 2.06. The SMILES string of the molecule is Cc1ccc(C)c(NCc2cn3c(C)cc(C)nc3n2)c1. The van der Waals surface area contributed by atoms with Crippen LogP contribution in [-0.2, 0) is 6.54 Å². The van der Waals surface area contributed by atoms with Gasteiger partial charge in [0, 0.05) is 23.3 Å². The molecule has 2 aromatic heterocycles. The molecule has 0 spiro atoms. The predicted octanol–water partition coefficient (Wildman–Crippen LogP) is 3.58. The summed E-state index contributed by atoms with van der Waals surface area (Å²) < 4.78 is 2.03. The molecule has 1 N–H and O–H groups in total. The van der Waals surface area contributed by atoms with Crippen molar-refractivity contribution in [3.63, 3.8) is 0 Å². The lowest BCUT2D eigenvalue weighted by Gasteiger charge is -2.08. The molecule has 0 amide bonds. The van der Waals surface area contributed by atoms with Gasteiger partial charge in [-0.1, -0.05) is 12.1 Å². The number of anilines is 1. The lowest BCUT2D eigenvalue weighted by atomic mass is 10.1. The first kappa shape index (κ1) is 13.6. The Morgan fingerprint density at radius 3 is 2.67 bits per heavy atom. The average molecular weight is 280 g/mol. The quantitative estimate of drug-likeness (QED) is 0.797. The second-order valence-corrected chi connectivity index (χ2v) is 5.61. The number of hydrogen-bond acceptors (Lipinski definition) is 3. The van der Waals surface area contributed by atoms with E-state index >= 15 is 0 Å². The molecule has 0 aliphatic heterocycles. The first-order valence-corrected chi connectivity index (χ1v) is 7.16. The van der Waals surface area contributed by atoms with Crippen LogP contribution in [0.25, 0.3) is 5.78 Å². The zero-order valence-corrected chi connectivity index (χ0v) is 12.9. The average Bonchev–Trinajstić information content (AvgIpc) is 2.83. The van der Waals surface area contributed by atoms with Gasteiger partial charge in [-0.15, -0.1) is 0 Å². The number of rotatable bonds is 3. The van der Waals surface area contributed by atoms with Crippen molar-refractivity contribution in [1.82, 2.24) is 14.4 Å². The Labute approximate surface area is 124 Å². The van der Waals surface area contributed by atoms with Crippen molar-refractivity contribution in [3.8, 4) is 0 Å². The molecule has 21 heavy (non-hydrogen) atoms. The van der Waals surface area contributed by atoms with Gasteiger partial charge in [0.2, 0.25) is 5.78 Å². The maximum absolute atomic E-state index is 4.59. The van der Waals surface area contributed by atoms with Crippen LogP contribution in [0, 0.1) is 27.7 Å². The van der Waals surface area contributed by atoms with Crippen LogP contribution >= 0.6 is 0 Å². The van der Waals surface area contributed by atoms with Crippen molar-refractivity contribution in [2.45, 2.75) is 34.2 Å². The van der Waals surface area contributed by atoms with E-state index in [1.165, 1.54) is 11.1 Å². The van der Waals surface area contributed by atoms with E-state index < -0.39 is 0 Å². The van der Waals surface area contributed by atoms with Gasteiger partial charge in [0.1, 0.15) is 0 Å². The zero-order chi connectivity index (χ0) is 15.0. The van der Waals surface area contributed by atoms with Crippen molar-refractivity contribution in [3.05, 3.63) is 58.7 Å². The molecule has 0 fully saturated rings. The smallest absolute Gasteiger partial charge is 0.234 e. The van der Waals surface area contributed by atoms with Crippen LogP contribution in [0.5, 0.6) is 0 Å². The number of benzene rings is 1. The maximum atomic E-state index is 4.59. The Hall–Kier alpha value is -2.36. The van der Waals surface area contributed by atoms with E-state index in [9.17, 15) is 0 Å². The number of aryl methyl sites for hydroxylation is 4. The summed E-state index contributed by atoms with van der Waals surface area (Å²) in [6, 6.07) is 8.49. The third-order valence-corrected chi connectivity index (χ3v) is 3.66. The van der Waals surface area contributed by atoms with Gasteiger partial charge < -0.3 is 5.32 Å². The van der Waals surface area contributed by atoms with Gasteiger partial charge in [-0.3, -0.25) is 4.40 Å². The van der Waals surface area contributed by atoms with E-state index in [1.807, 2.05) is 11.3 Å².